The van der Waals surface area contributed by atoms with Crippen molar-refractivity contribution < 1.29 is 39.9 Å². The van der Waals surface area contributed by atoms with E-state index in [0.717, 1.165) is 25.3 Å². The van der Waals surface area contributed by atoms with Gasteiger partial charge in [-0.05, 0) is 42.9 Å². The van der Waals surface area contributed by atoms with Crippen LogP contribution in [0.25, 0.3) is 11.1 Å². The summed E-state index contributed by atoms with van der Waals surface area (Å²) >= 11 is 0. The van der Waals surface area contributed by atoms with Crippen LogP contribution < -0.4 is 4.74 Å². The minimum atomic E-state index is -4.60. The summed E-state index contributed by atoms with van der Waals surface area (Å²) in [6.07, 6.45) is -0.370. The fourth-order valence-corrected chi connectivity index (χ4v) is 4.69. The predicted molar refractivity (Wildman–Crippen MR) is 110 cm³/mol. The fourth-order valence-electron chi connectivity index (χ4n) is 4.69. The van der Waals surface area contributed by atoms with Crippen LogP contribution in [-0.2, 0) is 11.6 Å². The Balaban J connectivity index is 1.46. The second kappa shape index (κ2) is 8.07. The molecule has 1 aliphatic carbocycles. The van der Waals surface area contributed by atoms with Gasteiger partial charge < -0.3 is 4.74 Å². The first kappa shape index (κ1) is 23.3. The Hall–Kier alpha value is -3.43. The van der Waals surface area contributed by atoms with Gasteiger partial charge in [0, 0.05) is 29.5 Å². The van der Waals surface area contributed by atoms with E-state index in [4.69, 9.17) is 0 Å². The van der Waals surface area contributed by atoms with E-state index in [9.17, 15) is 35.1 Å². The maximum atomic E-state index is 14.9. The van der Waals surface area contributed by atoms with Gasteiger partial charge in [-0.2, -0.15) is 8.78 Å². The highest BCUT2D eigenvalue weighted by molar-refractivity contribution is 5.69. The van der Waals surface area contributed by atoms with E-state index in [2.05, 4.69) is 9.73 Å². The third kappa shape index (κ3) is 3.84. The number of rotatable bonds is 5. The van der Waals surface area contributed by atoms with Crippen LogP contribution >= 0.6 is 0 Å². The SMILES string of the molecule is Fc1cc([C@@]23CCC(C=N2)C3)ccc1-c1ccc(C(F)(F)Oc2cc(F)c(F)c(F)c2)c(F)c1F. The van der Waals surface area contributed by atoms with Gasteiger partial charge >= 0.3 is 6.11 Å². The standard InChI is InChI=1S/C25H15F8NO/c26-18-7-13(24-6-5-12(10-24)11-34-24)1-2-15(18)16-3-4-17(22(30)21(16)29)25(32,33)35-14-8-19(27)23(31)20(28)9-14/h1-4,7-9,11-12H,5-6,10H2/t12?,24-/m0/s1. The van der Waals surface area contributed by atoms with Crippen LogP contribution in [0.4, 0.5) is 35.1 Å². The number of aliphatic imine (C=N–C) groups is 1. The first-order valence-electron chi connectivity index (χ1n) is 10.6. The van der Waals surface area contributed by atoms with Crippen LogP contribution in [0.1, 0.15) is 30.4 Å². The number of alkyl halides is 2. The summed E-state index contributed by atoms with van der Waals surface area (Å²) in [6, 6.07) is 5.44. The molecule has 35 heavy (non-hydrogen) atoms. The van der Waals surface area contributed by atoms with Crippen molar-refractivity contribution in [3.63, 3.8) is 0 Å². The lowest BCUT2D eigenvalue weighted by Crippen LogP contribution is -2.24. The average Bonchev–Trinajstić information content (AvgIpc) is 3.42. The number of nitrogens with zero attached hydrogens (tertiary/aromatic N) is 1. The summed E-state index contributed by atoms with van der Waals surface area (Å²) in [5.74, 6) is -11.1. The zero-order valence-corrected chi connectivity index (χ0v) is 17.7. The molecule has 0 radical (unpaired) electrons. The van der Waals surface area contributed by atoms with E-state index in [0.29, 0.717) is 17.5 Å². The molecule has 5 rings (SSSR count). The van der Waals surface area contributed by atoms with Gasteiger partial charge in [0.2, 0.25) is 0 Å². The molecular formula is C25H15F8NO. The number of hydrogen-bond acceptors (Lipinski definition) is 2. The van der Waals surface area contributed by atoms with Crippen LogP contribution in [0.2, 0.25) is 0 Å². The highest BCUT2D eigenvalue weighted by atomic mass is 19.3. The van der Waals surface area contributed by atoms with E-state index in [1.54, 1.807) is 6.07 Å². The van der Waals surface area contributed by atoms with Crippen molar-refractivity contribution >= 4 is 6.21 Å². The predicted octanol–water partition coefficient (Wildman–Crippen LogP) is 7.40. The van der Waals surface area contributed by atoms with E-state index in [-0.39, 0.29) is 17.7 Å². The molecule has 0 N–H and O–H groups in total. The molecule has 1 heterocycles. The molecule has 10 heteroatoms. The van der Waals surface area contributed by atoms with Crippen LogP contribution in [0.3, 0.4) is 0 Å². The Labute approximate surface area is 193 Å². The lowest BCUT2D eigenvalue weighted by Gasteiger charge is -2.24. The quantitative estimate of drug-likeness (QED) is 0.266. The molecule has 3 aromatic carbocycles. The van der Waals surface area contributed by atoms with Gasteiger partial charge in [0.15, 0.2) is 29.1 Å². The molecule has 2 bridgehead atoms. The summed E-state index contributed by atoms with van der Waals surface area (Å²) in [6.45, 7) is 0. The normalized spacial score (nSPS) is 21.1. The third-order valence-corrected chi connectivity index (χ3v) is 6.46. The third-order valence-electron chi connectivity index (χ3n) is 6.46. The van der Waals surface area contributed by atoms with Crippen LogP contribution in [0.15, 0.2) is 47.5 Å². The molecule has 0 saturated heterocycles. The van der Waals surface area contributed by atoms with E-state index >= 15 is 0 Å². The number of ether oxygens (including phenoxy) is 1. The van der Waals surface area contributed by atoms with E-state index < -0.39 is 63.4 Å². The zero-order chi connectivity index (χ0) is 25.1. The summed E-state index contributed by atoms with van der Waals surface area (Å²) in [7, 11) is 0. The van der Waals surface area contributed by atoms with Gasteiger partial charge in [0.05, 0.1) is 5.54 Å². The topological polar surface area (TPSA) is 21.6 Å². The maximum absolute atomic E-state index is 14.9. The fraction of sp³-hybridized carbons (Fsp3) is 0.240. The molecule has 1 saturated carbocycles. The number of hydrogen-bond donors (Lipinski definition) is 0. The van der Waals surface area contributed by atoms with Crippen LogP contribution in [0.5, 0.6) is 5.75 Å². The van der Waals surface area contributed by atoms with Crippen molar-refractivity contribution in [3.8, 4) is 16.9 Å². The summed E-state index contributed by atoms with van der Waals surface area (Å²) in [5.41, 5.74) is -2.52. The summed E-state index contributed by atoms with van der Waals surface area (Å²) in [4.78, 5) is 4.48. The van der Waals surface area contributed by atoms with Gasteiger partial charge in [-0.1, -0.05) is 18.2 Å². The Morgan fingerprint density at radius 3 is 2.06 bits per heavy atom. The molecular weight excluding hydrogens is 482 g/mol. The molecule has 2 aliphatic rings. The van der Waals surface area contributed by atoms with Crippen molar-refractivity contribution in [2.24, 2.45) is 10.9 Å². The Morgan fingerprint density at radius 2 is 1.49 bits per heavy atom. The van der Waals surface area contributed by atoms with Crippen molar-refractivity contribution in [3.05, 3.63) is 88.5 Å². The van der Waals surface area contributed by atoms with E-state index in [1.807, 2.05) is 6.21 Å². The molecule has 182 valence electrons. The molecule has 1 aliphatic heterocycles. The second-order valence-electron chi connectivity index (χ2n) is 8.62. The molecule has 2 atom stereocenters. The monoisotopic (exact) mass is 497 g/mol. The molecule has 1 unspecified atom stereocenters. The van der Waals surface area contributed by atoms with Crippen molar-refractivity contribution in [2.75, 3.05) is 0 Å². The average molecular weight is 497 g/mol. The number of benzene rings is 3. The minimum Gasteiger partial charge on any atom is -0.429 e. The summed E-state index contributed by atoms with van der Waals surface area (Å²) in [5, 5.41) is 0. The van der Waals surface area contributed by atoms with Crippen molar-refractivity contribution in [2.45, 2.75) is 30.9 Å². The molecule has 3 aromatic rings. The molecule has 0 aromatic heterocycles. The van der Waals surface area contributed by atoms with Gasteiger partial charge in [0.1, 0.15) is 17.1 Å². The zero-order valence-electron chi connectivity index (χ0n) is 17.7. The summed E-state index contributed by atoms with van der Waals surface area (Å²) < 4.78 is 117. The van der Waals surface area contributed by atoms with Crippen LogP contribution in [0, 0.1) is 40.8 Å². The molecule has 0 spiro atoms. The Morgan fingerprint density at radius 1 is 0.800 bits per heavy atom. The van der Waals surface area contributed by atoms with Crippen LogP contribution in [-0.4, -0.2) is 6.21 Å². The largest absolute Gasteiger partial charge is 0.429 e. The Kier molecular flexibility index (Phi) is 5.37. The number of fused-ring (bicyclic) bond motifs is 2. The molecule has 1 fully saturated rings. The van der Waals surface area contributed by atoms with Gasteiger partial charge in [-0.25, -0.2) is 26.3 Å². The van der Waals surface area contributed by atoms with Crippen molar-refractivity contribution in [1.82, 2.24) is 0 Å². The smallest absolute Gasteiger partial charge is 0.429 e. The maximum Gasteiger partial charge on any atom is 0.429 e. The van der Waals surface area contributed by atoms with Gasteiger partial charge in [-0.3, -0.25) is 4.99 Å². The minimum absolute atomic E-state index is 0.131. The van der Waals surface area contributed by atoms with Gasteiger partial charge in [0.25, 0.3) is 0 Å². The lowest BCUT2D eigenvalue weighted by atomic mass is 9.88. The first-order chi connectivity index (χ1) is 16.5. The number of halogens is 8. The van der Waals surface area contributed by atoms with E-state index in [1.165, 1.54) is 12.1 Å². The van der Waals surface area contributed by atoms with Crippen molar-refractivity contribution in [1.29, 1.82) is 0 Å². The lowest BCUT2D eigenvalue weighted by molar-refractivity contribution is -0.187. The second-order valence-corrected chi connectivity index (χ2v) is 8.62. The first-order valence-corrected chi connectivity index (χ1v) is 10.6. The highest BCUT2D eigenvalue weighted by Crippen LogP contribution is 2.49. The molecule has 0 amide bonds. The Bertz CT molecular complexity index is 1350. The molecule has 2 nitrogen and oxygen atoms in total. The van der Waals surface area contributed by atoms with Gasteiger partial charge in [-0.15, -0.1) is 0 Å². The highest BCUT2D eigenvalue weighted by Gasteiger charge is 2.44.